The molecular formula is C11H20N2S2. The smallest absolute Gasteiger partial charge is 0.157 e. The summed E-state index contributed by atoms with van der Waals surface area (Å²) in [5.74, 6) is 1.16. The Morgan fingerprint density at radius 1 is 1.53 bits per heavy atom. The van der Waals surface area contributed by atoms with Gasteiger partial charge in [0, 0.05) is 16.0 Å². The van der Waals surface area contributed by atoms with E-state index < -0.39 is 0 Å². The van der Waals surface area contributed by atoms with Crippen LogP contribution in [0.2, 0.25) is 0 Å². The van der Waals surface area contributed by atoms with Crippen molar-refractivity contribution in [3.8, 4) is 0 Å². The molecule has 0 amide bonds. The summed E-state index contributed by atoms with van der Waals surface area (Å²) in [5, 5.41) is 4.71. The largest absolute Gasteiger partial charge is 0.359 e. The molecule has 2 aliphatic rings. The molecule has 0 spiro atoms. The average molecular weight is 244 g/mol. The Kier molecular flexibility index (Phi) is 3.27. The molecule has 1 heterocycles. The number of thioether (sulfide) groups is 2. The predicted octanol–water partition coefficient (Wildman–Crippen LogP) is 2.74. The van der Waals surface area contributed by atoms with E-state index in [1.807, 2.05) is 23.5 Å². The van der Waals surface area contributed by atoms with Crippen LogP contribution < -0.4 is 5.32 Å². The van der Waals surface area contributed by atoms with E-state index >= 15 is 0 Å². The number of amidine groups is 1. The number of aliphatic imine (C=N–C) groups is 1. The maximum absolute atomic E-state index is 4.72. The SMILES string of the molecule is CCC1(C)CSC(=NCC2(SC)CC2)N1. The van der Waals surface area contributed by atoms with Gasteiger partial charge in [-0.25, -0.2) is 0 Å². The van der Waals surface area contributed by atoms with E-state index in [4.69, 9.17) is 4.99 Å². The van der Waals surface area contributed by atoms with Gasteiger partial charge in [0.2, 0.25) is 0 Å². The molecule has 1 aliphatic carbocycles. The number of hydrogen-bond donors (Lipinski definition) is 1. The Morgan fingerprint density at radius 2 is 2.27 bits per heavy atom. The quantitative estimate of drug-likeness (QED) is 0.823. The van der Waals surface area contributed by atoms with Crippen LogP contribution in [-0.2, 0) is 0 Å². The second-order valence-corrected chi connectivity index (χ2v) is 7.07. The number of nitrogens with one attached hydrogen (secondary N) is 1. The van der Waals surface area contributed by atoms with E-state index in [9.17, 15) is 0 Å². The highest BCUT2D eigenvalue weighted by molar-refractivity contribution is 8.14. The first-order valence-corrected chi connectivity index (χ1v) is 7.83. The van der Waals surface area contributed by atoms with Gasteiger partial charge in [-0.15, -0.1) is 0 Å². The van der Waals surface area contributed by atoms with Gasteiger partial charge < -0.3 is 5.32 Å². The molecule has 1 N–H and O–H groups in total. The van der Waals surface area contributed by atoms with Gasteiger partial charge in [0.05, 0.1) is 6.54 Å². The third kappa shape index (κ3) is 2.64. The highest BCUT2D eigenvalue weighted by Crippen LogP contribution is 2.47. The molecule has 1 aliphatic heterocycles. The lowest BCUT2D eigenvalue weighted by atomic mass is 10.0. The first-order chi connectivity index (χ1) is 7.11. The van der Waals surface area contributed by atoms with Crippen LogP contribution in [0, 0.1) is 0 Å². The molecule has 2 fully saturated rings. The second-order valence-electron chi connectivity index (χ2n) is 4.84. The van der Waals surface area contributed by atoms with Gasteiger partial charge in [0.15, 0.2) is 5.17 Å². The van der Waals surface area contributed by atoms with E-state index in [1.54, 1.807) is 0 Å². The number of hydrogen-bond acceptors (Lipinski definition) is 3. The Morgan fingerprint density at radius 3 is 2.73 bits per heavy atom. The summed E-state index contributed by atoms with van der Waals surface area (Å²) in [5.41, 5.74) is 0.277. The third-order valence-electron chi connectivity index (χ3n) is 3.47. The maximum Gasteiger partial charge on any atom is 0.157 e. The first kappa shape index (κ1) is 11.6. The van der Waals surface area contributed by atoms with Crippen molar-refractivity contribution in [2.24, 2.45) is 4.99 Å². The normalized spacial score (nSPS) is 35.5. The third-order valence-corrected chi connectivity index (χ3v) is 6.16. The molecule has 0 aromatic carbocycles. The molecule has 86 valence electrons. The molecule has 0 aromatic heterocycles. The fourth-order valence-electron chi connectivity index (χ4n) is 1.62. The highest BCUT2D eigenvalue weighted by atomic mass is 32.2. The van der Waals surface area contributed by atoms with Crippen LogP contribution in [0.15, 0.2) is 4.99 Å². The lowest BCUT2D eigenvalue weighted by Gasteiger charge is -2.21. The fraction of sp³-hybridized carbons (Fsp3) is 0.909. The molecular weight excluding hydrogens is 224 g/mol. The Hall–Kier alpha value is 0.170. The van der Waals surface area contributed by atoms with Gasteiger partial charge >= 0.3 is 0 Å². The molecule has 1 saturated carbocycles. The summed E-state index contributed by atoms with van der Waals surface area (Å²) >= 11 is 3.87. The minimum Gasteiger partial charge on any atom is -0.359 e. The summed E-state index contributed by atoms with van der Waals surface area (Å²) in [6.07, 6.45) is 6.08. The Bertz CT molecular complexity index is 274. The predicted molar refractivity (Wildman–Crippen MR) is 72.1 cm³/mol. The lowest BCUT2D eigenvalue weighted by Crippen LogP contribution is -2.39. The van der Waals surface area contributed by atoms with E-state index in [2.05, 4.69) is 25.4 Å². The van der Waals surface area contributed by atoms with E-state index in [-0.39, 0.29) is 5.54 Å². The van der Waals surface area contributed by atoms with Gasteiger partial charge in [0.25, 0.3) is 0 Å². The summed E-state index contributed by atoms with van der Waals surface area (Å²) in [7, 11) is 0. The Labute approximate surface area is 101 Å². The van der Waals surface area contributed by atoms with Crippen molar-refractivity contribution in [2.45, 2.75) is 43.4 Å². The summed E-state index contributed by atoms with van der Waals surface area (Å²) in [6, 6.07) is 0. The van der Waals surface area contributed by atoms with Gasteiger partial charge in [-0.2, -0.15) is 11.8 Å². The van der Waals surface area contributed by atoms with Crippen LogP contribution >= 0.6 is 23.5 Å². The van der Waals surface area contributed by atoms with Crippen molar-refractivity contribution in [3.05, 3.63) is 0 Å². The van der Waals surface area contributed by atoms with Crippen LogP contribution in [0.3, 0.4) is 0 Å². The Balaban J connectivity index is 1.88. The van der Waals surface area contributed by atoms with Crippen LogP contribution in [0.25, 0.3) is 0 Å². The summed E-state index contributed by atoms with van der Waals surface area (Å²) in [4.78, 5) is 4.72. The topological polar surface area (TPSA) is 24.4 Å². The van der Waals surface area contributed by atoms with E-state index in [0.29, 0.717) is 4.75 Å². The van der Waals surface area contributed by atoms with Gasteiger partial charge in [-0.3, -0.25) is 4.99 Å². The summed E-state index contributed by atoms with van der Waals surface area (Å²) < 4.78 is 0.500. The zero-order chi connectivity index (χ0) is 10.9. The van der Waals surface area contributed by atoms with E-state index in [1.165, 1.54) is 24.4 Å². The first-order valence-electron chi connectivity index (χ1n) is 5.62. The monoisotopic (exact) mass is 244 g/mol. The molecule has 1 unspecified atom stereocenters. The van der Waals surface area contributed by atoms with Gasteiger partial charge in [-0.1, -0.05) is 18.7 Å². The van der Waals surface area contributed by atoms with Crippen molar-refractivity contribution >= 4 is 28.7 Å². The van der Waals surface area contributed by atoms with Crippen LogP contribution in [0.5, 0.6) is 0 Å². The molecule has 4 heteroatoms. The van der Waals surface area contributed by atoms with Crippen LogP contribution in [-0.4, -0.2) is 34.0 Å². The molecule has 0 aromatic rings. The van der Waals surface area contributed by atoms with Crippen molar-refractivity contribution in [3.63, 3.8) is 0 Å². The van der Waals surface area contributed by atoms with Crippen molar-refractivity contribution in [2.75, 3.05) is 18.6 Å². The molecule has 1 atom stereocenters. The highest BCUT2D eigenvalue weighted by Gasteiger charge is 2.42. The fourth-order valence-corrected chi connectivity index (χ4v) is 3.53. The summed E-state index contributed by atoms with van der Waals surface area (Å²) in [6.45, 7) is 5.52. The van der Waals surface area contributed by atoms with Gasteiger partial charge in [0.1, 0.15) is 0 Å². The zero-order valence-electron chi connectivity index (χ0n) is 9.80. The molecule has 1 saturated heterocycles. The number of rotatable bonds is 4. The maximum atomic E-state index is 4.72. The molecule has 15 heavy (non-hydrogen) atoms. The average Bonchev–Trinajstić information content (AvgIpc) is 2.95. The van der Waals surface area contributed by atoms with Crippen molar-refractivity contribution in [1.29, 1.82) is 0 Å². The van der Waals surface area contributed by atoms with Crippen molar-refractivity contribution < 1.29 is 0 Å². The minimum atomic E-state index is 0.277. The molecule has 0 bridgehead atoms. The zero-order valence-corrected chi connectivity index (χ0v) is 11.4. The van der Waals surface area contributed by atoms with E-state index in [0.717, 1.165) is 12.3 Å². The standard InChI is InChI=1S/C11H20N2S2/c1-4-10(2)8-15-9(13-10)12-7-11(14-3)5-6-11/h4-8H2,1-3H3,(H,12,13). The van der Waals surface area contributed by atoms with Gasteiger partial charge in [-0.05, 0) is 32.4 Å². The minimum absolute atomic E-state index is 0.277. The van der Waals surface area contributed by atoms with Crippen molar-refractivity contribution in [1.82, 2.24) is 5.32 Å². The molecule has 2 rings (SSSR count). The lowest BCUT2D eigenvalue weighted by molar-refractivity contribution is 0.466. The van der Waals surface area contributed by atoms with Crippen LogP contribution in [0.1, 0.15) is 33.1 Å². The van der Waals surface area contributed by atoms with Crippen LogP contribution in [0.4, 0.5) is 0 Å². The molecule has 2 nitrogen and oxygen atoms in total. The second kappa shape index (κ2) is 4.21. The number of nitrogens with zero attached hydrogens (tertiary/aromatic N) is 1. The molecule has 0 radical (unpaired) electrons.